The largest absolute Gasteiger partial charge is 0.400 e. The van der Waals surface area contributed by atoms with E-state index in [0.29, 0.717) is 0 Å². The van der Waals surface area contributed by atoms with Crippen LogP contribution in [0.15, 0.2) is 0 Å². The SMILES string of the molecule is O=S(=O)(OC(CCO)(CCO)CCO)OC(CCO)(CCO)CCO. The van der Waals surface area contributed by atoms with Crippen molar-refractivity contribution in [1.29, 1.82) is 0 Å². The van der Waals surface area contributed by atoms with Gasteiger partial charge in [0.25, 0.3) is 0 Å². The van der Waals surface area contributed by atoms with Gasteiger partial charge in [0.2, 0.25) is 0 Å². The zero-order chi connectivity index (χ0) is 19.4. The van der Waals surface area contributed by atoms with Gasteiger partial charge in [0, 0.05) is 78.2 Å². The quantitative estimate of drug-likeness (QED) is 0.173. The van der Waals surface area contributed by atoms with Gasteiger partial charge in [-0.2, -0.15) is 8.42 Å². The van der Waals surface area contributed by atoms with Gasteiger partial charge in [0.05, 0.1) is 11.2 Å². The third-order valence-corrected chi connectivity index (χ3v) is 5.08. The van der Waals surface area contributed by atoms with E-state index in [1.807, 2.05) is 0 Å². The van der Waals surface area contributed by atoms with Crippen LogP contribution < -0.4 is 0 Å². The third-order valence-electron chi connectivity index (χ3n) is 3.96. The van der Waals surface area contributed by atoms with E-state index >= 15 is 0 Å². The minimum absolute atomic E-state index is 0.163. The summed E-state index contributed by atoms with van der Waals surface area (Å²) in [7, 11) is -4.70. The molecule has 0 fully saturated rings. The minimum atomic E-state index is -4.70. The number of aliphatic hydroxyl groups excluding tert-OH is 6. The predicted octanol–water partition coefficient (Wildman–Crippen LogP) is -1.96. The molecule has 0 saturated carbocycles. The zero-order valence-electron chi connectivity index (χ0n) is 14.2. The van der Waals surface area contributed by atoms with Gasteiger partial charge in [-0.25, -0.2) is 8.37 Å². The fourth-order valence-corrected chi connectivity index (χ4v) is 4.07. The van der Waals surface area contributed by atoms with Gasteiger partial charge in [-0.05, 0) is 0 Å². The molecule has 10 nitrogen and oxygen atoms in total. The lowest BCUT2D eigenvalue weighted by atomic mass is 9.93. The lowest BCUT2D eigenvalue weighted by Gasteiger charge is -2.35. The van der Waals surface area contributed by atoms with Crippen LogP contribution in [-0.4, -0.2) is 89.9 Å². The Labute approximate surface area is 148 Å². The highest BCUT2D eigenvalue weighted by molar-refractivity contribution is 7.81. The highest BCUT2D eigenvalue weighted by atomic mass is 32.3. The first-order valence-corrected chi connectivity index (χ1v) is 9.43. The normalized spacial score (nSPS) is 13.4. The summed E-state index contributed by atoms with van der Waals surface area (Å²) >= 11 is 0. The number of hydrogen-bond acceptors (Lipinski definition) is 10. The van der Waals surface area contributed by atoms with E-state index in [1.54, 1.807) is 0 Å². The summed E-state index contributed by atoms with van der Waals surface area (Å²) in [5.74, 6) is 0. The Kier molecular flexibility index (Phi) is 11.9. The predicted molar refractivity (Wildman–Crippen MR) is 86.8 cm³/mol. The molecule has 25 heavy (non-hydrogen) atoms. The topological polar surface area (TPSA) is 174 Å². The summed E-state index contributed by atoms with van der Waals surface area (Å²) < 4.78 is 34.9. The van der Waals surface area contributed by atoms with Gasteiger partial charge in [-0.1, -0.05) is 0 Å². The molecule has 0 heterocycles. The monoisotopic (exact) mass is 390 g/mol. The Balaban J connectivity index is 5.52. The second kappa shape index (κ2) is 12.1. The van der Waals surface area contributed by atoms with Crippen LogP contribution in [0.2, 0.25) is 0 Å². The number of rotatable bonds is 16. The summed E-state index contributed by atoms with van der Waals surface area (Å²) in [5.41, 5.74) is -3.11. The maximum absolute atomic E-state index is 12.4. The molecule has 6 N–H and O–H groups in total. The van der Waals surface area contributed by atoms with E-state index in [2.05, 4.69) is 0 Å². The van der Waals surface area contributed by atoms with Crippen molar-refractivity contribution in [3.63, 3.8) is 0 Å². The fourth-order valence-electron chi connectivity index (χ4n) is 2.67. The van der Waals surface area contributed by atoms with Crippen LogP contribution in [0.4, 0.5) is 0 Å². The van der Waals surface area contributed by atoms with E-state index in [-0.39, 0.29) is 38.5 Å². The van der Waals surface area contributed by atoms with Crippen molar-refractivity contribution in [1.82, 2.24) is 0 Å². The van der Waals surface area contributed by atoms with Gasteiger partial charge >= 0.3 is 10.4 Å². The molecule has 0 atom stereocenters. The van der Waals surface area contributed by atoms with Crippen LogP contribution in [0.5, 0.6) is 0 Å². The third kappa shape index (κ3) is 8.71. The molecule has 0 amide bonds. The lowest BCUT2D eigenvalue weighted by Crippen LogP contribution is -2.43. The first-order chi connectivity index (χ1) is 11.8. The Hall–Kier alpha value is -0.370. The van der Waals surface area contributed by atoms with Crippen molar-refractivity contribution in [2.75, 3.05) is 39.6 Å². The van der Waals surface area contributed by atoms with Gasteiger partial charge in [0.1, 0.15) is 0 Å². The van der Waals surface area contributed by atoms with E-state index in [9.17, 15) is 8.42 Å². The van der Waals surface area contributed by atoms with Gasteiger partial charge < -0.3 is 30.6 Å². The minimum Gasteiger partial charge on any atom is -0.396 e. The van der Waals surface area contributed by atoms with Gasteiger partial charge in [-0.15, -0.1) is 0 Å². The van der Waals surface area contributed by atoms with Crippen molar-refractivity contribution >= 4 is 10.4 Å². The van der Waals surface area contributed by atoms with Gasteiger partial charge in [0.15, 0.2) is 0 Å². The maximum atomic E-state index is 12.4. The summed E-state index contributed by atoms with van der Waals surface area (Å²) in [6, 6.07) is 0. The van der Waals surface area contributed by atoms with Crippen LogP contribution in [0, 0.1) is 0 Å². The van der Waals surface area contributed by atoms with Crippen molar-refractivity contribution < 1.29 is 47.4 Å². The highest BCUT2D eigenvalue weighted by Gasteiger charge is 2.41. The van der Waals surface area contributed by atoms with Crippen molar-refractivity contribution in [3.05, 3.63) is 0 Å². The summed E-state index contributed by atoms with van der Waals surface area (Å²) in [6.45, 7) is -2.64. The first-order valence-electron chi connectivity index (χ1n) is 8.09. The Morgan fingerprint density at radius 1 is 0.520 bits per heavy atom. The van der Waals surface area contributed by atoms with E-state index in [4.69, 9.17) is 39.0 Å². The second-order valence-corrected chi connectivity index (χ2v) is 6.93. The van der Waals surface area contributed by atoms with Crippen LogP contribution in [0.25, 0.3) is 0 Å². The highest BCUT2D eigenvalue weighted by Crippen LogP contribution is 2.32. The number of hydrogen-bond donors (Lipinski definition) is 6. The van der Waals surface area contributed by atoms with Gasteiger partial charge in [-0.3, -0.25) is 0 Å². The van der Waals surface area contributed by atoms with Crippen LogP contribution >= 0.6 is 0 Å². The van der Waals surface area contributed by atoms with Crippen LogP contribution in [0.3, 0.4) is 0 Å². The molecule has 0 aromatic carbocycles. The van der Waals surface area contributed by atoms with E-state index in [1.165, 1.54) is 0 Å². The van der Waals surface area contributed by atoms with Crippen molar-refractivity contribution in [3.8, 4) is 0 Å². The molecule has 11 heteroatoms. The molecule has 0 bridgehead atoms. The lowest BCUT2D eigenvalue weighted by molar-refractivity contribution is -0.0441. The van der Waals surface area contributed by atoms with Crippen molar-refractivity contribution in [2.45, 2.75) is 49.7 Å². The molecule has 0 radical (unpaired) electrons. The summed E-state index contributed by atoms with van der Waals surface area (Å²) in [5, 5.41) is 55.0. The molecule has 0 aromatic heterocycles. The molecular weight excluding hydrogens is 360 g/mol. The van der Waals surface area contributed by atoms with E-state index in [0.717, 1.165) is 0 Å². The molecule has 0 spiro atoms. The Bertz CT molecular complexity index is 371. The molecule has 0 unspecified atom stereocenters. The Morgan fingerprint density at radius 3 is 0.880 bits per heavy atom. The summed E-state index contributed by atoms with van der Waals surface area (Å²) in [6.07, 6.45) is -0.978. The molecule has 152 valence electrons. The van der Waals surface area contributed by atoms with Crippen LogP contribution in [-0.2, 0) is 18.8 Å². The first kappa shape index (κ1) is 24.6. The average molecular weight is 390 g/mol. The zero-order valence-corrected chi connectivity index (χ0v) is 15.0. The fraction of sp³-hybridized carbons (Fsp3) is 1.00. The molecule has 0 aliphatic carbocycles. The average Bonchev–Trinajstić information content (AvgIpc) is 2.47. The summed E-state index contributed by atoms with van der Waals surface area (Å²) in [4.78, 5) is 0. The number of aliphatic hydroxyl groups is 6. The Morgan fingerprint density at radius 2 is 0.720 bits per heavy atom. The molecule has 0 aliphatic heterocycles. The van der Waals surface area contributed by atoms with E-state index < -0.39 is 61.2 Å². The van der Waals surface area contributed by atoms with Crippen LogP contribution in [0.1, 0.15) is 38.5 Å². The maximum Gasteiger partial charge on any atom is 0.400 e. The molecule has 0 rings (SSSR count). The second-order valence-electron chi connectivity index (χ2n) is 5.78. The standard InChI is InChI=1S/C14H30O10S/c15-7-1-13(2-8-16,3-9-17)23-25(21,22)24-14(4-10-18,5-11-19)6-12-20/h15-20H,1-12H2. The molecule has 0 aliphatic rings. The smallest absolute Gasteiger partial charge is 0.396 e. The molecular formula is C14H30O10S. The molecule has 0 saturated heterocycles. The molecule has 0 aromatic rings. The van der Waals surface area contributed by atoms with Crippen molar-refractivity contribution in [2.24, 2.45) is 0 Å².